The molecular weight excluding hydrogens is 369 g/mol. The van der Waals surface area contributed by atoms with Gasteiger partial charge < -0.3 is 14.8 Å². The molecule has 0 saturated carbocycles. The Kier molecular flexibility index (Phi) is 5.70. The predicted octanol–water partition coefficient (Wildman–Crippen LogP) is 3.39. The molecule has 0 aliphatic heterocycles. The monoisotopic (exact) mass is 381 g/mol. The number of carbonyl (C=O) groups excluding carboxylic acids is 2. The predicted molar refractivity (Wildman–Crippen MR) is 86.0 cm³/mol. The summed E-state index contributed by atoms with van der Waals surface area (Å²) in [7, 11) is 1.28. The van der Waals surface area contributed by atoms with Crippen LogP contribution in [0.3, 0.4) is 0 Å². The fraction of sp³-hybridized carbons (Fsp3) is 0.125. The summed E-state index contributed by atoms with van der Waals surface area (Å²) >= 11 is 3.15. The second kappa shape index (κ2) is 7.73. The lowest BCUT2D eigenvalue weighted by Gasteiger charge is -2.08. The molecule has 0 radical (unpaired) electrons. The Morgan fingerprint density at radius 3 is 2.48 bits per heavy atom. The quantitative estimate of drug-likeness (QED) is 0.806. The van der Waals surface area contributed by atoms with Gasteiger partial charge in [0.05, 0.1) is 12.7 Å². The van der Waals surface area contributed by atoms with E-state index in [9.17, 15) is 14.0 Å². The van der Waals surface area contributed by atoms with Gasteiger partial charge in [-0.3, -0.25) is 4.79 Å². The topological polar surface area (TPSA) is 64.6 Å². The molecule has 0 unspecified atom stereocenters. The lowest BCUT2D eigenvalue weighted by atomic mass is 10.2. The van der Waals surface area contributed by atoms with E-state index in [1.165, 1.54) is 25.3 Å². The summed E-state index contributed by atoms with van der Waals surface area (Å²) in [6, 6.07) is 10.3. The molecule has 1 N–H and O–H groups in total. The standard InChI is InChI=1S/C16H13BrFNO4/c1-22-15(20)9-23-12-5-3-11(4-6-12)19-16(21)13-7-2-10(18)8-14(13)17/h2-8H,9H2,1H3,(H,19,21). The third-order valence-electron chi connectivity index (χ3n) is 2.87. The minimum absolute atomic E-state index is 0.190. The van der Waals surface area contributed by atoms with Gasteiger partial charge in [-0.05, 0) is 58.4 Å². The molecule has 0 aromatic heterocycles. The molecular formula is C16H13BrFNO4. The Morgan fingerprint density at radius 1 is 1.17 bits per heavy atom. The summed E-state index contributed by atoms with van der Waals surface area (Å²) < 4.78 is 23.1. The van der Waals surface area contributed by atoms with Gasteiger partial charge in [0.2, 0.25) is 0 Å². The van der Waals surface area contributed by atoms with Crippen molar-refractivity contribution in [2.24, 2.45) is 0 Å². The van der Waals surface area contributed by atoms with Gasteiger partial charge in [0, 0.05) is 10.2 Å². The maximum absolute atomic E-state index is 13.0. The summed E-state index contributed by atoms with van der Waals surface area (Å²) in [4.78, 5) is 23.1. The van der Waals surface area contributed by atoms with Crippen LogP contribution in [0.4, 0.5) is 10.1 Å². The molecule has 0 saturated heterocycles. The Balaban J connectivity index is 2.00. The minimum atomic E-state index is -0.483. The first-order valence-corrected chi connectivity index (χ1v) is 7.35. The fourth-order valence-corrected chi connectivity index (χ4v) is 2.24. The number of methoxy groups -OCH3 is 1. The smallest absolute Gasteiger partial charge is 0.343 e. The van der Waals surface area contributed by atoms with Crippen LogP contribution < -0.4 is 10.1 Å². The van der Waals surface area contributed by atoms with E-state index in [0.717, 1.165) is 0 Å². The molecule has 0 aliphatic carbocycles. The van der Waals surface area contributed by atoms with E-state index in [1.54, 1.807) is 24.3 Å². The normalized spacial score (nSPS) is 10.0. The molecule has 120 valence electrons. The lowest BCUT2D eigenvalue weighted by Crippen LogP contribution is -2.13. The fourth-order valence-electron chi connectivity index (χ4n) is 1.71. The molecule has 0 bridgehead atoms. The van der Waals surface area contributed by atoms with E-state index < -0.39 is 11.8 Å². The number of rotatable bonds is 5. The van der Waals surface area contributed by atoms with Crippen LogP contribution >= 0.6 is 15.9 Å². The number of ether oxygens (including phenoxy) is 2. The highest BCUT2D eigenvalue weighted by molar-refractivity contribution is 9.10. The zero-order chi connectivity index (χ0) is 16.8. The molecule has 0 fully saturated rings. The van der Waals surface area contributed by atoms with Crippen molar-refractivity contribution in [3.8, 4) is 5.75 Å². The molecule has 2 rings (SSSR count). The van der Waals surface area contributed by atoms with E-state index in [1.807, 2.05) is 0 Å². The molecule has 0 heterocycles. The number of halogens is 2. The van der Waals surface area contributed by atoms with Crippen molar-refractivity contribution >= 4 is 33.5 Å². The molecule has 2 aromatic rings. The number of carbonyl (C=O) groups is 2. The van der Waals surface area contributed by atoms with Crippen LogP contribution in [0.15, 0.2) is 46.9 Å². The van der Waals surface area contributed by atoms with E-state index in [-0.39, 0.29) is 12.5 Å². The van der Waals surface area contributed by atoms with Gasteiger partial charge >= 0.3 is 5.97 Å². The van der Waals surface area contributed by atoms with E-state index in [2.05, 4.69) is 26.0 Å². The van der Waals surface area contributed by atoms with Crippen molar-refractivity contribution in [1.82, 2.24) is 0 Å². The molecule has 0 aliphatic rings. The van der Waals surface area contributed by atoms with E-state index >= 15 is 0 Å². The molecule has 0 atom stereocenters. The number of hydrogen-bond donors (Lipinski definition) is 1. The number of hydrogen-bond acceptors (Lipinski definition) is 4. The highest BCUT2D eigenvalue weighted by Crippen LogP contribution is 2.21. The Morgan fingerprint density at radius 2 is 1.87 bits per heavy atom. The second-order valence-corrected chi connectivity index (χ2v) is 5.32. The number of esters is 1. The molecule has 7 heteroatoms. The number of amides is 1. The maximum Gasteiger partial charge on any atom is 0.343 e. The molecule has 0 spiro atoms. The van der Waals surface area contributed by atoms with E-state index in [0.29, 0.717) is 21.5 Å². The highest BCUT2D eigenvalue weighted by atomic mass is 79.9. The molecule has 23 heavy (non-hydrogen) atoms. The van der Waals surface area contributed by atoms with E-state index in [4.69, 9.17) is 4.74 Å². The van der Waals surface area contributed by atoms with Gasteiger partial charge in [-0.1, -0.05) is 0 Å². The van der Waals surface area contributed by atoms with Crippen molar-refractivity contribution in [2.45, 2.75) is 0 Å². The summed E-state index contributed by atoms with van der Waals surface area (Å²) in [5.41, 5.74) is 0.856. The number of nitrogens with one attached hydrogen (secondary N) is 1. The van der Waals surface area contributed by atoms with Crippen LogP contribution in [0.2, 0.25) is 0 Å². The van der Waals surface area contributed by atoms with Crippen molar-refractivity contribution in [3.05, 3.63) is 58.3 Å². The molecule has 2 aromatic carbocycles. The van der Waals surface area contributed by atoms with Gasteiger partial charge in [0.1, 0.15) is 11.6 Å². The first-order valence-electron chi connectivity index (χ1n) is 6.55. The van der Waals surface area contributed by atoms with Crippen LogP contribution in [-0.4, -0.2) is 25.6 Å². The molecule has 1 amide bonds. The highest BCUT2D eigenvalue weighted by Gasteiger charge is 2.11. The zero-order valence-corrected chi connectivity index (χ0v) is 13.7. The average molecular weight is 382 g/mol. The van der Waals surface area contributed by atoms with Gasteiger partial charge in [-0.25, -0.2) is 9.18 Å². The van der Waals surface area contributed by atoms with Gasteiger partial charge in [-0.15, -0.1) is 0 Å². The van der Waals surface area contributed by atoms with Crippen molar-refractivity contribution in [1.29, 1.82) is 0 Å². The van der Waals surface area contributed by atoms with Crippen LogP contribution in [-0.2, 0) is 9.53 Å². The SMILES string of the molecule is COC(=O)COc1ccc(NC(=O)c2ccc(F)cc2Br)cc1. The van der Waals surface area contributed by atoms with Crippen molar-refractivity contribution in [3.63, 3.8) is 0 Å². The summed E-state index contributed by atoms with van der Waals surface area (Å²) in [5, 5.41) is 2.68. The third kappa shape index (κ3) is 4.79. The van der Waals surface area contributed by atoms with Gasteiger partial charge in [0.15, 0.2) is 6.61 Å². The Bertz CT molecular complexity index is 719. The summed E-state index contributed by atoms with van der Waals surface area (Å²) in [6.07, 6.45) is 0. The van der Waals surface area contributed by atoms with Crippen LogP contribution in [0.1, 0.15) is 10.4 Å². The van der Waals surface area contributed by atoms with Crippen LogP contribution in [0.25, 0.3) is 0 Å². The summed E-state index contributed by atoms with van der Waals surface area (Å²) in [5.74, 6) is -0.819. The minimum Gasteiger partial charge on any atom is -0.482 e. The maximum atomic E-state index is 13.0. The largest absolute Gasteiger partial charge is 0.482 e. The third-order valence-corrected chi connectivity index (χ3v) is 3.53. The lowest BCUT2D eigenvalue weighted by molar-refractivity contribution is -0.142. The van der Waals surface area contributed by atoms with Gasteiger partial charge in [0.25, 0.3) is 5.91 Å². The average Bonchev–Trinajstić information content (AvgIpc) is 2.53. The van der Waals surface area contributed by atoms with Crippen LogP contribution in [0, 0.1) is 5.82 Å². The number of anilines is 1. The Labute approximate surface area is 140 Å². The summed E-state index contributed by atoms with van der Waals surface area (Å²) in [6.45, 7) is -0.190. The molecule has 5 nitrogen and oxygen atoms in total. The zero-order valence-electron chi connectivity index (χ0n) is 12.1. The van der Waals surface area contributed by atoms with Gasteiger partial charge in [-0.2, -0.15) is 0 Å². The first kappa shape index (κ1) is 17.0. The Hall–Kier alpha value is -2.41. The number of benzene rings is 2. The van der Waals surface area contributed by atoms with Crippen LogP contribution in [0.5, 0.6) is 5.75 Å². The second-order valence-electron chi connectivity index (χ2n) is 4.47. The van der Waals surface area contributed by atoms with Crippen molar-refractivity contribution < 1.29 is 23.5 Å². The van der Waals surface area contributed by atoms with Crippen molar-refractivity contribution in [2.75, 3.05) is 19.0 Å². The first-order chi connectivity index (χ1) is 11.0.